The van der Waals surface area contributed by atoms with Gasteiger partial charge < -0.3 is 24.8 Å². The molecule has 0 spiro atoms. The summed E-state index contributed by atoms with van der Waals surface area (Å²) in [6.07, 6.45) is 4.56. The van der Waals surface area contributed by atoms with E-state index in [4.69, 9.17) is 0 Å². The van der Waals surface area contributed by atoms with Gasteiger partial charge in [0, 0.05) is 0 Å². The number of hydrogen-bond acceptors (Lipinski definition) is 0. The van der Waals surface area contributed by atoms with Gasteiger partial charge in [0.2, 0.25) is 0 Å². The molecule has 0 saturated heterocycles. The van der Waals surface area contributed by atoms with Crippen LogP contribution in [0, 0.1) is 11.5 Å². The van der Waals surface area contributed by atoms with E-state index < -0.39 is 8.80 Å². The Morgan fingerprint density at radius 1 is 1.12 bits per heavy atom. The first-order valence-corrected chi connectivity index (χ1v) is 8.04. The predicted molar refractivity (Wildman–Crippen MR) is 62.4 cm³/mol. The quantitative estimate of drug-likeness (QED) is 0.361. The van der Waals surface area contributed by atoms with Crippen molar-refractivity contribution in [3.8, 4) is 0 Å². The molecule has 0 fully saturated rings. The van der Waals surface area contributed by atoms with Crippen LogP contribution in [0.1, 0.15) is 34.1 Å². The number of rotatable bonds is 1. The zero-order chi connectivity index (χ0) is 10.2. The van der Waals surface area contributed by atoms with Gasteiger partial charge in [-0.05, 0) is 14.2 Å². The third kappa shape index (κ3) is 5.21. The minimum absolute atomic E-state index is 0. The SMILES string of the molecule is CC1=[C-]CC(C(C)(C)C)=C1[SiH](C)C.[Cl-].[Cl-].[Zr+3]. The van der Waals surface area contributed by atoms with Crippen LogP contribution < -0.4 is 24.8 Å². The molecule has 0 saturated carbocycles. The predicted octanol–water partition coefficient (Wildman–Crippen LogP) is -2.49. The molecule has 0 aromatic heterocycles. The Hall–Kier alpha value is 1.16. The van der Waals surface area contributed by atoms with Crippen molar-refractivity contribution in [1.82, 2.24) is 0 Å². The van der Waals surface area contributed by atoms with Gasteiger partial charge in [-0.2, -0.15) is 10.8 Å². The molecule has 0 aromatic carbocycles. The average Bonchev–Trinajstić information content (AvgIpc) is 2.28. The van der Waals surface area contributed by atoms with Crippen LogP contribution >= 0.6 is 0 Å². The zero-order valence-corrected chi connectivity index (χ0v) is 16.2. The van der Waals surface area contributed by atoms with Gasteiger partial charge in [-0.25, -0.2) is 5.57 Å². The first kappa shape index (κ1) is 22.3. The van der Waals surface area contributed by atoms with Crippen LogP contribution in [0.15, 0.2) is 16.3 Å². The molecule has 1 aliphatic rings. The summed E-state index contributed by atoms with van der Waals surface area (Å²) < 4.78 is 0. The van der Waals surface area contributed by atoms with Gasteiger partial charge in [-0.3, -0.25) is 6.08 Å². The van der Waals surface area contributed by atoms with E-state index >= 15 is 0 Å². The van der Waals surface area contributed by atoms with Crippen LogP contribution in [0.4, 0.5) is 0 Å². The van der Waals surface area contributed by atoms with E-state index in [2.05, 4.69) is 46.9 Å². The van der Waals surface area contributed by atoms with Crippen LogP contribution in [-0.4, -0.2) is 8.80 Å². The monoisotopic (exact) mass is 353 g/mol. The molecule has 1 rings (SSSR count). The van der Waals surface area contributed by atoms with Crippen molar-refractivity contribution >= 4 is 8.80 Å². The molecule has 0 atom stereocenters. The average molecular weight is 356 g/mol. The summed E-state index contributed by atoms with van der Waals surface area (Å²) in [5.41, 5.74) is 3.43. The Bertz CT molecular complexity index is 275. The van der Waals surface area contributed by atoms with E-state index in [1.54, 1.807) is 10.8 Å². The largest absolute Gasteiger partial charge is 3.00 e. The summed E-state index contributed by atoms with van der Waals surface area (Å²) >= 11 is 0. The molecule has 1 radical (unpaired) electrons. The molecule has 16 heavy (non-hydrogen) atoms. The summed E-state index contributed by atoms with van der Waals surface area (Å²) in [5, 5.41) is 1.69. The second kappa shape index (κ2) is 8.29. The molecule has 0 aliphatic heterocycles. The first-order valence-electron chi connectivity index (χ1n) is 5.15. The minimum Gasteiger partial charge on any atom is -1.00 e. The van der Waals surface area contributed by atoms with Crippen molar-refractivity contribution in [2.24, 2.45) is 5.41 Å². The molecule has 0 bridgehead atoms. The van der Waals surface area contributed by atoms with Crippen molar-refractivity contribution < 1.29 is 51.0 Å². The second-order valence-electron chi connectivity index (χ2n) is 5.28. The summed E-state index contributed by atoms with van der Waals surface area (Å²) in [6, 6.07) is 0. The Morgan fingerprint density at radius 3 is 1.81 bits per heavy atom. The van der Waals surface area contributed by atoms with Gasteiger partial charge in [-0.1, -0.05) is 40.8 Å². The van der Waals surface area contributed by atoms with Crippen molar-refractivity contribution in [2.75, 3.05) is 0 Å². The van der Waals surface area contributed by atoms with E-state index in [1.165, 1.54) is 5.57 Å². The molecule has 91 valence electrons. The van der Waals surface area contributed by atoms with Crippen LogP contribution in [0.5, 0.6) is 0 Å². The van der Waals surface area contributed by atoms with Gasteiger partial charge in [0.15, 0.2) is 0 Å². The molecule has 0 amide bonds. The maximum atomic E-state index is 3.48. The first-order chi connectivity index (χ1) is 5.84. The Labute approximate surface area is 134 Å². The van der Waals surface area contributed by atoms with Crippen molar-refractivity contribution in [3.05, 3.63) is 22.4 Å². The van der Waals surface area contributed by atoms with E-state index in [1.807, 2.05) is 0 Å². The molecular weight excluding hydrogens is 334 g/mol. The van der Waals surface area contributed by atoms with Gasteiger partial charge in [0.05, 0.1) is 0 Å². The number of halogens is 2. The van der Waals surface area contributed by atoms with Crippen LogP contribution in [0.3, 0.4) is 0 Å². The standard InChI is InChI=1S/C12H21Si.2ClH.Zr/c1-9-7-8-10(12(2,3)4)11(9)13(5)6;;;/h13H,8H2,1-6H3;2*1H;/q-1;;;+3/p-2. The van der Waals surface area contributed by atoms with Crippen LogP contribution in [-0.2, 0) is 26.2 Å². The van der Waals surface area contributed by atoms with E-state index in [-0.39, 0.29) is 51.0 Å². The van der Waals surface area contributed by atoms with Gasteiger partial charge in [0.25, 0.3) is 0 Å². The van der Waals surface area contributed by atoms with E-state index in [0.29, 0.717) is 5.41 Å². The minimum atomic E-state index is -0.658. The fraction of sp³-hybridized carbons (Fsp3) is 0.667. The van der Waals surface area contributed by atoms with Gasteiger partial charge >= 0.3 is 26.2 Å². The van der Waals surface area contributed by atoms with Crippen LogP contribution in [0.2, 0.25) is 13.1 Å². The summed E-state index contributed by atoms with van der Waals surface area (Å²) in [4.78, 5) is 0. The third-order valence-corrected chi connectivity index (χ3v) is 4.68. The molecule has 0 N–H and O–H groups in total. The van der Waals surface area contributed by atoms with Gasteiger partial charge in [-0.15, -0.1) is 6.42 Å². The normalized spacial score (nSPS) is 15.1. The molecule has 0 unspecified atom stereocenters. The Kier molecular flexibility index (Phi) is 11.6. The smallest absolute Gasteiger partial charge is 1.00 e. The molecule has 1 aliphatic carbocycles. The fourth-order valence-corrected chi connectivity index (χ4v) is 4.29. The van der Waals surface area contributed by atoms with Crippen LogP contribution in [0.25, 0.3) is 0 Å². The maximum Gasteiger partial charge on any atom is 3.00 e. The molecule has 0 aromatic rings. The summed E-state index contributed by atoms with van der Waals surface area (Å²) in [7, 11) is -0.658. The Morgan fingerprint density at radius 2 is 1.56 bits per heavy atom. The topological polar surface area (TPSA) is 0 Å². The van der Waals surface area contributed by atoms with E-state index in [0.717, 1.165) is 6.42 Å². The van der Waals surface area contributed by atoms with Crippen molar-refractivity contribution in [3.63, 3.8) is 0 Å². The Balaban J connectivity index is -0.000000563. The third-order valence-electron chi connectivity index (χ3n) is 2.74. The fourth-order valence-electron chi connectivity index (χ4n) is 2.09. The summed E-state index contributed by atoms with van der Waals surface area (Å²) in [6.45, 7) is 14.0. The molecule has 4 heteroatoms. The molecule has 0 nitrogen and oxygen atoms in total. The van der Waals surface area contributed by atoms with Gasteiger partial charge in [0.1, 0.15) is 0 Å². The van der Waals surface area contributed by atoms with Crippen molar-refractivity contribution in [1.29, 1.82) is 0 Å². The maximum absolute atomic E-state index is 3.48. The number of hydrogen-bond donors (Lipinski definition) is 0. The number of allylic oxidation sites excluding steroid dienone is 4. The summed E-state index contributed by atoms with van der Waals surface area (Å²) in [5.74, 6) is 0. The van der Waals surface area contributed by atoms with E-state index in [9.17, 15) is 0 Å². The molecular formula is C12H21Cl2SiZr. The van der Waals surface area contributed by atoms with Crippen molar-refractivity contribution in [2.45, 2.75) is 47.2 Å². The zero-order valence-electron chi connectivity index (χ0n) is 11.0. The molecule has 0 heterocycles. The second-order valence-corrected chi connectivity index (χ2v) is 8.16.